The first kappa shape index (κ1) is 33.0. The molecule has 4 heterocycles. The molecule has 6 aromatic rings. The van der Waals surface area contributed by atoms with Crippen LogP contribution in [-0.4, -0.2) is 57.0 Å². The number of fused-ring (bicyclic) bond motifs is 2. The van der Waals surface area contributed by atoms with Crippen molar-refractivity contribution < 1.29 is 20.1 Å². The number of carboxylic acid groups (broad SMARTS) is 1. The fraction of sp³-hybridized carbons (Fsp3) is 0.294. The Labute approximate surface area is 285 Å². The van der Waals surface area contributed by atoms with Crippen molar-refractivity contribution in [3.8, 4) is 16.9 Å². The van der Waals surface area contributed by atoms with Crippen molar-refractivity contribution in [2.75, 3.05) is 6.61 Å². The van der Waals surface area contributed by atoms with Crippen LogP contribution in [0.3, 0.4) is 0 Å². The molecular formula is C34H35ClN6O4S2. The number of aliphatic hydroxyl groups excluding tert-OH is 1. The van der Waals surface area contributed by atoms with Gasteiger partial charge in [-0.05, 0) is 55.7 Å². The van der Waals surface area contributed by atoms with Gasteiger partial charge in [0.2, 0.25) is 0 Å². The number of phenols is 1. The summed E-state index contributed by atoms with van der Waals surface area (Å²) in [5, 5.41) is 41.7. The molecule has 2 aromatic carbocycles. The minimum atomic E-state index is -1.02. The number of carbonyl (C=O) groups is 1. The van der Waals surface area contributed by atoms with Crippen molar-refractivity contribution >= 4 is 62.9 Å². The maximum atomic E-state index is 12.4. The summed E-state index contributed by atoms with van der Waals surface area (Å²) in [5.74, 6) is 1.17. The molecule has 0 aliphatic heterocycles. The molecule has 0 saturated heterocycles. The zero-order chi connectivity index (χ0) is 33.4. The van der Waals surface area contributed by atoms with E-state index in [9.17, 15) is 20.1 Å². The maximum Gasteiger partial charge on any atom is 0.352 e. The Balaban J connectivity index is 1.23. The van der Waals surface area contributed by atoms with Gasteiger partial charge in [0.1, 0.15) is 17.0 Å². The summed E-state index contributed by atoms with van der Waals surface area (Å²) in [6.45, 7) is 1.92. The van der Waals surface area contributed by atoms with Crippen LogP contribution in [0.1, 0.15) is 45.2 Å². The second-order valence-electron chi connectivity index (χ2n) is 11.4. The van der Waals surface area contributed by atoms with E-state index in [-0.39, 0.29) is 18.1 Å². The van der Waals surface area contributed by atoms with Crippen LogP contribution >= 0.6 is 35.1 Å². The Morgan fingerprint density at radius 1 is 1.00 bits per heavy atom. The summed E-state index contributed by atoms with van der Waals surface area (Å²) in [5.41, 5.74) is 7.71. The smallest absolute Gasteiger partial charge is 0.352 e. The Hall–Kier alpha value is -3.97. The lowest BCUT2D eigenvalue weighted by Crippen LogP contribution is -2.08. The van der Waals surface area contributed by atoms with E-state index in [1.165, 1.54) is 0 Å². The summed E-state index contributed by atoms with van der Waals surface area (Å²) in [6, 6.07) is 13.4. The van der Waals surface area contributed by atoms with Crippen LogP contribution < -0.4 is 0 Å². The second-order valence-corrected chi connectivity index (χ2v) is 13.9. The number of aryl methyl sites for hydroxylation is 5. The summed E-state index contributed by atoms with van der Waals surface area (Å²) >= 11 is 10.3. The van der Waals surface area contributed by atoms with Gasteiger partial charge >= 0.3 is 5.97 Å². The summed E-state index contributed by atoms with van der Waals surface area (Å²) in [6.07, 6.45) is 2.58. The largest absolute Gasteiger partial charge is 0.506 e. The fourth-order valence-electron chi connectivity index (χ4n) is 6.23. The van der Waals surface area contributed by atoms with E-state index in [2.05, 4.69) is 11.1 Å². The summed E-state index contributed by atoms with van der Waals surface area (Å²) in [4.78, 5) is 17.6. The van der Waals surface area contributed by atoms with Crippen molar-refractivity contribution in [3.63, 3.8) is 0 Å². The minimum Gasteiger partial charge on any atom is -0.506 e. The molecule has 4 aromatic heterocycles. The number of phenolic OH excluding ortho intramolecular Hbond substituents is 1. The first-order chi connectivity index (χ1) is 22.6. The molecule has 0 aliphatic rings. The number of hydrogen-bond acceptors (Lipinski definition) is 8. The highest BCUT2D eigenvalue weighted by Crippen LogP contribution is 2.42. The molecule has 10 nitrogen and oxygen atoms in total. The third-order valence-corrected chi connectivity index (χ3v) is 10.6. The van der Waals surface area contributed by atoms with Gasteiger partial charge in [-0.2, -0.15) is 10.2 Å². The highest BCUT2D eigenvalue weighted by molar-refractivity contribution is 7.98. The topological polar surface area (TPSA) is 131 Å². The maximum absolute atomic E-state index is 12.4. The Morgan fingerprint density at radius 3 is 2.57 bits per heavy atom. The zero-order valence-electron chi connectivity index (χ0n) is 26.5. The van der Waals surface area contributed by atoms with E-state index >= 15 is 0 Å². The number of aromatic hydroxyl groups is 1. The molecule has 0 fully saturated rings. The van der Waals surface area contributed by atoms with Crippen molar-refractivity contribution in [2.24, 2.45) is 21.1 Å². The molecule has 0 amide bonds. The van der Waals surface area contributed by atoms with Crippen molar-refractivity contribution in [1.29, 1.82) is 0 Å². The average molecular weight is 691 g/mol. The van der Waals surface area contributed by atoms with Gasteiger partial charge in [0.15, 0.2) is 0 Å². The standard InChI is InChI=1S/C34H35ClN6O4S2/c1-19-29(30-26(35)10-9-25-24(8-6-12-42)33(34(44)45)39(2)32(25)30)27(41(4)37-19)18-46-16-21-14-22(40(3)38-21)17-47-23-13-20-7-5-11-36-31(20)28(43)15-23/h5,7,9-11,13-15,42-43H,6,8,12,16-18H2,1-4H3,(H,44,45). The number of hydrogen-bond donors (Lipinski definition) is 3. The normalized spacial score (nSPS) is 11.7. The van der Waals surface area contributed by atoms with Gasteiger partial charge in [0, 0.05) is 83.7 Å². The van der Waals surface area contributed by atoms with Crippen LogP contribution in [0, 0.1) is 6.92 Å². The lowest BCUT2D eigenvalue weighted by molar-refractivity contribution is 0.0685. The Morgan fingerprint density at radius 2 is 1.81 bits per heavy atom. The van der Waals surface area contributed by atoms with Gasteiger partial charge in [-0.25, -0.2) is 4.79 Å². The van der Waals surface area contributed by atoms with E-state index in [1.807, 2.05) is 60.7 Å². The molecule has 0 aliphatic carbocycles. The number of pyridine rings is 1. The monoisotopic (exact) mass is 690 g/mol. The van der Waals surface area contributed by atoms with E-state index in [0.717, 1.165) is 55.1 Å². The minimum absolute atomic E-state index is 0.0253. The predicted octanol–water partition coefficient (Wildman–Crippen LogP) is 6.88. The van der Waals surface area contributed by atoms with E-state index in [0.29, 0.717) is 46.2 Å². The number of rotatable bonds is 12. The fourth-order valence-corrected chi connectivity index (χ4v) is 8.45. The lowest BCUT2D eigenvalue weighted by atomic mass is 9.98. The molecule has 244 valence electrons. The Kier molecular flexibility index (Phi) is 9.56. The summed E-state index contributed by atoms with van der Waals surface area (Å²) in [7, 11) is 5.61. The van der Waals surface area contributed by atoms with Crippen LogP contribution in [0.2, 0.25) is 5.02 Å². The quantitative estimate of drug-likeness (QED) is 0.118. The van der Waals surface area contributed by atoms with Gasteiger partial charge in [-0.15, -0.1) is 23.5 Å². The number of benzene rings is 2. The first-order valence-corrected chi connectivity index (χ1v) is 17.6. The van der Waals surface area contributed by atoms with Gasteiger partial charge in [-0.3, -0.25) is 14.3 Å². The SMILES string of the molecule is Cc1nn(C)c(CSCc2cc(CSc3cc(O)c4ncccc4c3)n(C)n2)c1-c1c(Cl)ccc2c(CCCO)c(C(=O)O)n(C)c12. The van der Waals surface area contributed by atoms with Gasteiger partial charge < -0.3 is 19.9 Å². The van der Waals surface area contributed by atoms with Gasteiger partial charge in [-0.1, -0.05) is 23.7 Å². The predicted molar refractivity (Wildman–Crippen MR) is 188 cm³/mol. The van der Waals surface area contributed by atoms with Crippen LogP contribution in [0.4, 0.5) is 0 Å². The number of halogens is 1. The third-order valence-electron chi connectivity index (χ3n) is 8.35. The number of carboxylic acids is 1. The van der Waals surface area contributed by atoms with Crippen molar-refractivity contribution in [3.05, 3.63) is 87.7 Å². The molecule has 3 N–H and O–H groups in total. The molecule has 0 unspecified atom stereocenters. The molecule has 0 spiro atoms. The third kappa shape index (κ3) is 6.34. The molecule has 0 radical (unpaired) electrons. The van der Waals surface area contributed by atoms with E-state index in [1.54, 1.807) is 47.4 Å². The highest BCUT2D eigenvalue weighted by Gasteiger charge is 2.27. The van der Waals surface area contributed by atoms with Crippen LogP contribution in [0.15, 0.2) is 53.6 Å². The number of aromatic nitrogens is 6. The second kappa shape index (κ2) is 13.6. The first-order valence-electron chi connectivity index (χ1n) is 15.1. The molecule has 0 atom stereocenters. The van der Waals surface area contributed by atoms with Crippen LogP contribution in [0.25, 0.3) is 32.9 Å². The number of aromatic carboxylic acids is 1. The van der Waals surface area contributed by atoms with E-state index < -0.39 is 5.97 Å². The summed E-state index contributed by atoms with van der Waals surface area (Å²) < 4.78 is 5.48. The van der Waals surface area contributed by atoms with Crippen LogP contribution in [-0.2, 0) is 44.8 Å². The Bertz CT molecular complexity index is 2140. The number of nitrogens with zero attached hydrogens (tertiary/aromatic N) is 6. The molecule has 13 heteroatoms. The lowest BCUT2D eigenvalue weighted by Gasteiger charge is -2.12. The van der Waals surface area contributed by atoms with Crippen molar-refractivity contribution in [2.45, 2.75) is 41.9 Å². The van der Waals surface area contributed by atoms with Gasteiger partial charge in [0.05, 0.1) is 27.6 Å². The molecule has 0 bridgehead atoms. The van der Waals surface area contributed by atoms with E-state index in [4.69, 9.17) is 21.8 Å². The zero-order valence-corrected chi connectivity index (χ0v) is 28.9. The van der Waals surface area contributed by atoms with Crippen molar-refractivity contribution in [1.82, 2.24) is 29.1 Å². The van der Waals surface area contributed by atoms with Gasteiger partial charge in [0.25, 0.3) is 0 Å². The molecular weight excluding hydrogens is 656 g/mol. The number of aliphatic hydroxyl groups is 1. The molecule has 6 rings (SSSR count). The highest BCUT2D eigenvalue weighted by atomic mass is 35.5. The average Bonchev–Trinajstić information content (AvgIpc) is 3.64. The molecule has 47 heavy (non-hydrogen) atoms. The van der Waals surface area contributed by atoms with Crippen LogP contribution in [0.5, 0.6) is 5.75 Å². The molecule has 0 saturated carbocycles. The number of thioether (sulfide) groups is 2.